The molecule has 1 aromatic heterocycles. The molecule has 7 nitrogen and oxygen atoms in total. The van der Waals surface area contributed by atoms with Crippen molar-refractivity contribution in [2.45, 2.75) is 13.8 Å². The van der Waals surface area contributed by atoms with Crippen LogP contribution in [0.4, 0.5) is 5.82 Å². The summed E-state index contributed by atoms with van der Waals surface area (Å²) in [6.45, 7) is 6.79. The van der Waals surface area contributed by atoms with Crippen molar-refractivity contribution in [3.63, 3.8) is 0 Å². The number of ether oxygens (including phenoxy) is 1. The van der Waals surface area contributed by atoms with Crippen molar-refractivity contribution in [2.75, 3.05) is 43.5 Å². The first-order valence-electron chi connectivity index (χ1n) is 7.54. The molecular formula is C14H22N4O3S. The molecule has 0 aromatic carbocycles. The molecule has 0 unspecified atom stereocenters. The van der Waals surface area contributed by atoms with Crippen LogP contribution in [-0.4, -0.2) is 57.2 Å². The van der Waals surface area contributed by atoms with Gasteiger partial charge in [-0.25, -0.2) is 13.1 Å². The van der Waals surface area contributed by atoms with Gasteiger partial charge in [0.25, 0.3) is 0 Å². The molecule has 1 N–H and O–H groups in total. The molecule has 2 atom stereocenters. The maximum Gasteiger partial charge on any atom is 0.211 e. The van der Waals surface area contributed by atoms with Gasteiger partial charge in [-0.2, -0.15) is 5.10 Å². The van der Waals surface area contributed by atoms with Crippen molar-refractivity contribution < 1.29 is 13.2 Å². The SMILES string of the molecule is CCS(=O)(=O)NC[C@]12COC[C@H]1CN(c1ccc(C)nn1)C2. The normalized spacial score (nSPS) is 28.1. The summed E-state index contributed by atoms with van der Waals surface area (Å²) in [4.78, 5) is 2.18. The average molecular weight is 326 g/mol. The summed E-state index contributed by atoms with van der Waals surface area (Å²) < 4.78 is 31.8. The molecule has 0 bridgehead atoms. The Morgan fingerprint density at radius 3 is 2.95 bits per heavy atom. The molecule has 2 fully saturated rings. The summed E-state index contributed by atoms with van der Waals surface area (Å²) >= 11 is 0. The summed E-state index contributed by atoms with van der Waals surface area (Å²) in [5, 5.41) is 8.34. The third-order valence-electron chi connectivity index (χ3n) is 4.65. The molecule has 122 valence electrons. The Morgan fingerprint density at radius 2 is 2.27 bits per heavy atom. The number of anilines is 1. The van der Waals surface area contributed by atoms with Crippen LogP contribution >= 0.6 is 0 Å². The van der Waals surface area contributed by atoms with E-state index in [-0.39, 0.29) is 11.2 Å². The monoisotopic (exact) mass is 326 g/mol. The number of fused-ring (bicyclic) bond motifs is 1. The molecule has 2 saturated heterocycles. The Hall–Kier alpha value is -1.25. The predicted molar refractivity (Wildman–Crippen MR) is 83.2 cm³/mol. The highest BCUT2D eigenvalue weighted by atomic mass is 32.2. The van der Waals surface area contributed by atoms with Crippen LogP contribution in [0.1, 0.15) is 12.6 Å². The van der Waals surface area contributed by atoms with E-state index in [2.05, 4.69) is 19.8 Å². The minimum absolute atomic E-state index is 0.0990. The Bertz CT molecular complexity index is 634. The van der Waals surface area contributed by atoms with Gasteiger partial charge in [-0.1, -0.05) is 0 Å². The predicted octanol–water partition coefficient (Wildman–Crippen LogP) is 0.177. The first-order valence-corrected chi connectivity index (χ1v) is 9.20. The second kappa shape index (κ2) is 5.75. The Morgan fingerprint density at radius 1 is 1.45 bits per heavy atom. The highest BCUT2D eigenvalue weighted by molar-refractivity contribution is 7.89. The van der Waals surface area contributed by atoms with Crippen molar-refractivity contribution >= 4 is 15.8 Å². The lowest BCUT2D eigenvalue weighted by Gasteiger charge is -2.27. The minimum Gasteiger partial charge on any atom is -0.380 e. The number of hydrogen-bond acceptors (Lipinski definition) is 6. The van der Waals surface area contributed by atoms with Crippen LogP contribution in [0.5, 0.6) is 0 Å². The molecular weight excluding hydrogens is 304 g/mol. The zero-order valence-electron chi connectivity index (χ0n) is 12.9. The molecule has 1 aromatic rings. The van der Waals surface area contributed by atoms with Crippen LogP contribution in [-0.2, 0) is 14.8 Å². The van der Waals surface area contributed by atoms with Gasteiger partial charge in [-0.05, 0) is 26.0 Å². The fourth-order valence-corrected chi connectivity index (χ4v) is 3.88. The molecule has 2 aliphatic rings. The summed E-state index contributed by atoms with van der Waals surface area (Å²) in [5.74, 6) is 1.26. The maximum absolute atomic E-state index is 11.7. The second-order valence-electron chi connectivity index (χ2n) is 6.21. The van der Waals surface area contributed by atoms with E-state index in [1.54, 1.807) is 6.92 Å². The van der Waals surface area contributed by atoms with E-state index in [0.717, 1.165) is 24.6 Å². The molecule has 0 aliphatic carbocycles. The maximum atomic E-state index is 11.7. The fraction of sp³-hybridized carbons (Fsp3) is 0.714. The zero-order valence-corrected chi connectivity index (χ0v) is 13.8. The van der Waals surface area contributed by atoms with E-state index in [4.69, 9.17) is 4.74 Å². The highest BCUT2D eigenvalue weighted by Crippen LogP contribution is 2.42. The van der Waals surface area contributed by atoms with Crippen LogP contribution < -0.4 is 9.62 Å². The van der Waals surface area contributed by atoms with E-state index >= 15 is 0 Å². The number of sulfonamides is 1. The van der Waals surface area contributed by atoms with E-state index in [1.807, 2.05) is 19.1 Å². The van der Waals surface area contributed by atoms with Crippen LogP contribution in [0, 0.1) is 18.3 Å². The van der Waals surface area contributed by atoms with Crippen molar-refractivity contribution in [3.05, 3.63) is 17.8 Å². The standard InChI is InChI=1S/C14H22N4O3S/c1-3-22(19,20)15-8-14-9-18(6-12(14)7-21-10-14)13-5-4-11(2)16-17-13/h4-5,12,15H,3,6-10H2,1-2H3/t12-,14+/m1/s1. The Labute approximate surface area is 131 Å². The number of hydrogen-bond donors (Lipinski definition) is 1. The van der Waals surface area contributed by atoms with E-state index < -0.39 is 10.0 Å². The van der Waals surface area contributed by atoms with Crippen LogP contribution in [0.3, 0.4) is 0 Å². The first kappa shape index (κ1) is 15.6. The third-order valence-corrected chi connectivity index (χ3v) is 6.00. The van der Waals surface area contributed by atoms with Crippen molar-refractivity contribution in [2.24, 2.45) is 11.3 Å². The fourth-order valence-electron chi connectivity index (χ4n) is 3.17. The highest BCUT2D eigenvalue weighted by Gasteiger charge is 2.51. The average Bonchev–Trinajstić information content (AvgIpc) is 3.03. The summed E-state index contributed by atoms with van der Waals surface area (Å²) in [5.41, 5.74) is 0.714. The first-order chi connectivity index (χ1) is 10.4. The van der Waals surface area contributed by atoms with Gasteiger partial charge in [-0.3, -0.25) is 0 Å². The van der Waals surface area contributed by atoms with Gasteiger partial charge in [0, 0.05) is 31.0 Å². The van der Waals surface area contributed by atoms with Gasteiger partial charge in [0.05, 0.1) is 24.7 Å². The number of nitrogens with one attached hydrogen (secondary N) is 1. The molecule has 2 aliphatic heterocycles. The van der Waals surface area contributed by atoms with Gasteiger partial charge >= 0.3 is 0 Å². The van der Waals surface area contributed by atoms with Crippen LogP contribution in [0.15, 0.2) is 12.1 Å². The van der Waals surface area contributed by atoms with Crippen molar-refractivity contribution in [1.82, 2.24) is 14.9 Å². The van der Waals surface area contributed by atoms with Crippen molar-refractivity contribution in [3.8, 4) is 0 Å². The lowest BCUT2D eigenvalue weighted by molar-refractivity contribution is 0.156. The quantitative estimate of drug-likeness (QED) is 0.831. The van der Waals surface area contributed by atoms with Gasteiger partial charge in [0.15, 0.2) is 5.82 Å². The molecule has 0 amide bonds. The second-order valence-corrected chi connectivity index (χ2v) is 8.31. The molecule has 0 spiro atoms. The molecule has 3 heterocycles. The lowest BCUT2D eigenvalue weighted by Crippen LogP contribution is -2.43. The molecule has 0 radical (unpaired) electrons. The topological polar surface area (TPSA) is 84.4 Å². The van der Waals surface area contributed by atoms with E-state index in [1.165, 1.54) is 0 Å². The van der Waals surface area contributed by atoms with E-state index in [0.29, 0.717) is 25.7 Å². The van der Waals surface area contributed by atoms with Crippen LogP contribution in [0.2, 0.25) is 0 Å². The molecule has 0 saturated carbocycles. The Balaban J connectivity index is 1.75. The zero-order chi connectivity index (χ0) is 15.8. The molecule has 22 heavy (non-hydrogen) atoms. The van der Waals surface area contributed by atoms with E-state index in [9.17, 15) is 8.42 Å². The number of nitrogens with zero attached hydrogens (tertiary/aromatic N) is 3. The minimum atomic E-state index is -3.19. The summed E-state index contributed by atoms with van der Waals surface area (Å²) in [7, 11) is -3.19. The number of aromatic nitrogens is 2. The Kier molecular flexibility index (Phi) is 4.09. The van der Waals surface area contributed by atoms with Gasteiger partial charge in [-0.15, -0.1) is 5.10 Å². The molecule has 3 rings (SSSR count). The largest absolute Gasteiger partial charge is 0.380 e. The van der Waals surface area contributed by atoms with Crippen molar-refractivity contribution in [1.29, 1.82) is 0 Å². The van der Waals surface area contributed by atoms with Gasteiger partial charge < -0.3 is 9.64 Å². The lowest BCUT2D eigenvalue weighted by atomic mass is 9.81. The molecule has 8 heteroatoms. The van der Waals surface area contributed by atoms with Gasteiger partial charge in [0.1, 0.15) is 0 Å². The van der Waals surface area contributed by atoms with Gasteiger partial charge in [0.2, 0.25) is 10.0 Å². The van der Waals surface area contributed by atoms with Crippen LogP contribution in [0.25, 0.3) is 0 Å². The summed E-state index contributed by atoms with van der Waals surface area (Å²) in [6, 6.07) is 3.91. The third kappa shape index (κ3) is 2.95. The number of rotatable bonds is 5. The summed E-state index contributed by atoms with van der Waals surface area (Å²) in [6.07, 6.45) is 0. The smallest absolute Gasteiger partial charge is 0.211 e. The number of aryl methyl sites for hydroxylation is 1.